The molecule has 2 aromatic carbocycles. The summed E-state index contributed by atoms with van der Waals surface area (Å²) in [5, 5.41) is 13.8. The van der Waals surface area contributed by atoms with Crippen LogP contribution in [-0.2, 0) is 16.1 Å². The summed E-state index contributed by atoms with van der Waals surface area (Å²) in [7, 11) is 0. The first-order chi connectivity index (χ1) is 19.4. The van der Waals surface area contributed by atoms with Crippen molar-refractivity contribution in [2.75, 3.05) is 11.9 Å². The van der Waals surface area contributed by atoms with Gasteiger partial charge in [-0.2, -0.15) is 5.10 Å². The molecule has 12 heteroatoms. The van der Waals surface area contributed by atoms with Crippen LogP contribution in [0.1, 0.15) is 16.2 Å². The van der Waals surface area contributed by atoms with Crippen LogP contribution in [0.5, 0.6) is 5.75 Å². The van der Waals surface area contributed by atoms with E-state index in [2.05, 4.69) is 15.5 Å². The first kappa shape index (κ1) is 27.4. The van der Waals surface area contributed by atoms with Gasteiger partial charge < -0.3 is 14.5 Å². The highest BCUT2D eigenvalue weighted by molar-refractivity contribution is 8.18. The van der Waals surface area contributed by atoms with E-state index >= 15 is 0 Å². The molecule has 40 heavy (non-hydrogen) atoms. The molecule has 0 unspecified atom stereocenters. The maximum absolute atomic E-state index is 13.4. The monoisotopic (exact) mass is 594 g/mol. The number of furan rings is 1. The molecule has 5 rings (SSSR count). The van der Waals surface area contributed by atoms with Gasteiger partial charge in [0, 0.05) is 21.2 Å². The largest absolute Gasteiger partial charge is 0.483 e. The van der Waals surface area contributed by atoms with Crippen molar-refractivity contribution in [2.45, 2.75) is 6.54 Å². The molecule has 0 radical (unpaired) electrons. The second-order valence-electron chi connectivity index (χ2n) is 8.25. The molecule has 2 amide bonds. The molecule has 2 aromatic heterocycles. The number of thioether (sulfide) groups is 1. The highest BCUT2D eigenvalue weighted by atomic mass is 35.5. The molecular weight excluding hydrogens is 575 g/mol. The number of hydrogen-bond donors (Lipinski definition) is 1. The van der Waals surface area contributed by atoms with Gasteiger partial charge in [-0.25, -0.2) is 4.39 Å². The second-order valence-corrected chi connectivity index (χ2v) is 10.7. The summed E-state index contributed by atoms with van der Waals surface area (Å²) in [6.07, 6.45) is 4.79. The Balaban J connectivity index is 1.35. The topological polar surface area (TPSA) is 96.5 Å². The standard InChI is InChI=1S/C28H20ClFN4O4S2/c29-19-5-10-24(38-17-26(35)32-21-8-6-20(30)7-9-21)18(13-19)14-25-27(36)34(16-22-3-1-11-37-22)28(40-25)33-31-15-23-4-2-12-39-23/h1-15H,16-17H2,(H,32,35)/b25-14-,31-15+,33-28-. The fourth-order valence-electron chi connectivity index (χ4n) is 3.56. The minimum Gasteiger partial charge on any atom is -0.483 e. The van der Waals surface area contributed by atoms with Crippen LogP contribution in [0, 0.1) is 5.82 Å². The van der Waals surface area contributed by atoms with Crippen molar-refractivity contribution in [2.24, 2.45) is 10.2 Å². The zero-order valence-electron chi connectivity index (χ0n) is 20.6. The quantitative estimate of drug-likeness (QED) is 0.133. The Kier molecular flexibility index (Phi) is 8.74. The Labute approximate surface area is 241 Å². The normalized spacial score (nSPS) is 15.4. The lowest BCUT2D eigenvalue weighted by Gasteiger charge is -2.12. The molecule has 0 atom stereocenters. The molecule has 0 spiro atoms. The van der Waals surface area contributed by atoms with E-state index in [1.807, 2.05) is 17.5 Å². The zero-order valence-corrected chi connectivity index (χ0v) is 23.0. The van der Waals surface area contributed by atoms with E-state index in [1.54, 1.807) is 42.6 Å². The number of hydrogen-bond acceptors (Lipinski definition) is 8. The number of anilines is 1. The molecule has 8 nitrogen and oxygen atoms in total. The van der Waals surface area contributed by atoms with Crippen molar-refractivity contribution in [3.63, 3.8) is 0 Å². The molecule has 202 valence electrons. The van der Waals surface area contributed by atoms with Crippen LogP contribution in [0.3, 0.4) is 0 Å². The number of nitrogens with zero attached hydrogens (tertiary/aromatic N) is 3. The Bertz CT molecular complexity index is 1590. The minimum absolute atomic E-state index is 0.173. The van der Waals surface area contributed by atoms with E-state index < -0.39 is 11.7 Å². The van der Waals surface area contributed by atoms with Crippen LogP contribution in [0.2, 0.25) is 5.02 Å². The zero-order chi connectivity index (χ0) is 27.9. The van der Waals surface area contributed by atoms with E-state index in [-0.39, 0.29) is 19.1 Å². The highest BCUT2D eigenvalue weighted by Gasteiger charge is 2.34. The van der Waals surface area contributed by atoms with Gasteiger partial charge in [0.15, 0.2) is 11.8 Å². The van der Waals surface area contributed by atoms with Gasteiger partial charge in [0.1, 0.15) is 17.3 Å². The minimum atomic E-state index is -0.436. The fourth-order valence-corrected chi connectivity index (χ4v) is 5.24. The maximum atomic E-state index is 13.4. The van der Waals surface area contributed by atoms with Crippen LogP contribution in [0.25, 0.3) is 6.08 Å². The summed E-state index contributed by atoms with van der Waals surface area (Å²) >= 11 is 8.91. The summed E-state index contributed by atoms with van der Waals surface area (Å²) < 4.78 is 24.3. The van der Waals surface area contributed by atoms with Gasteiger partial charge in [-0.05, 0) is 83.9 Å². The molecule has 1 saturated heterocycles. The predicted octanol–water partition coefficient (Wildman–Crippen LogP) is 6.66. The molecule has 3 heterocycles. The van der Waals surface area contributed by atoms with E-state index in [0.29, 0.717) is 37.9 Å². The lowest BCUT2D eigenvalue weighted by molar-refractivity contribution is -0.122. The first-order valence-corrected chi connectivity index (χ1v) is 13.9. The maximum Gasteiger partial charge on any atom is 0.267 e. The number of amides is 2. The first-order valence-electron chi connectivity index (χ1n) is 11.8. The molecule has 1 aliphatic rings. The van der Waals surface area contributed by atoms with Crippen LogP contribution in [-0.4, -0.2) is 34.7 Å². The van der Waals surface area contributed by atoms with Crippen molar-refractivity contribution in [1.82, 2.24) is 4.90 Å². The van der Waals surface area contributed by atoms with E-state index in [1.165, 1.54) is 46.8 Å². The number of thiophene rings is 1. The summed E-state index contributed by atoms with van der Waals surface area (Å²) in [5.74, 6) is -0.208. The fraction of sp³-hybridized carbons (Fsp3) is 0.0714. The van der Waals surface area contributed by atoms with Crippen molar-refractivity contribution >= 4 is 69.7 Å². The molecule has 4 aromatic rings. The molecule has 0 aliphatic carbocycles. The average molecular weight is 595 g/mol. The number of halogens is 2. The van der Waals surface area contributed by atoms with E-state index in [4.69, 9.17) is 20.8 Å². The third-order valence-corrected chi connectivity index (χ3v) is 7.44. The number of amidine groups is 1. The van der Waals surface area contributed by atoms with Gasteiger partial charge in [0.2, 0.25) is 0 Å². The van der Waals surface area contributed by atoms with Gasteiger partial charge in [-0.3, -0.25) is 14.5 Å². The summed E-state index contributed by atoms with van der Waals surface area (Å²) in [5.41, 5.74) is 0.936. The molecule has 1 aliphatic heterocycles. The molecule has 1 fully saturated rings. The smallest absolute Gasteiger partial charge is 0.267 e. The Morgan fingerprint density at radius 1 is 1.15 bits per heavy atom. The Morgan fingerprint density at radius 3 is 2.75 bits per heavy atom. The van der Waals surface area contributed by atoms with Gasteiger partial charge in [0.25, 0.3) is 11.8 Å². The lowest BCUT2D eigenvalue weighted by atomic mass is 10.2. The lowest BCUT2D eigenvalue weighted by Crippen LogP contribution is -2.28. The van der Waals surface area contributed by atoms with Crippen LogP contribution < -0.4 is 10.1 Å². The van der Waals surface area contributed by atoms with Gasteiger partial charge in [-0.15, -0.1) is 16.4 Å². The average Bonchev–Trinajstić information content (AvgIpc) is 3.70. The van der Waals surface area contributed by atoms with Gasteiger partial charge >= 0.3 is 0 Å². The van der Waals surface area contributed by atoms with Gasteiger partial charge in [0.05, 0.1) is 23.9 Å². The van der Waals surface area contributed by atoms with Crippen molar-refractivity contribution in [1.29, 1.82) is 0 Å². The molecule has 0 saturated carbocycles. The van der Waals surface area contributed by atoms with Crippen molar-refractivity contribution in [3.8, 4) is 5.75 Å². The number of carbonyl (C=O) groups is 2. The number of nitrogens with one attached hydrogen (secondary N) is 1. The number of carbonyl (C=O) groups excluding carboxylic acids is 2. The summed E-state index contributed by atoms with van der Waals surface area (Å²) in [6.45, 7) is -0.142. The third-order valence-electron chi connectivity index (χ3n) is 5.40. The second kappa shape index (κ2) is 12.8. The highest BCUT2D eigenvalue weighted by Crippen LogP contribution is 2.36. The molecular formula is C28H20ClFN4O4S2. The SMILES string of the molecule is O=C(COc1ccc(Cl)cc1/C=C1\S/C(=N\N=C\c2cccs2)N(Cc2ccco2)C1=O)Nc1ccc(F)cc1. The third kappa shape index (κ3) is 7.06. The number of rotatable bonds is 9. The molecule has 0 bridgehead atoms. The van der Waals surface area contributed by atoms with Crippen LogP contribution in [0.4, 0.5) is 10.1 Å². The van der Waals surface area contributed by atoms with Gasteiger partial charge in [-0.1, -0.05) is 17.7 Å². The van der Waals surface area contributed by atoms with E-state index in [9.17, 15) is 14.0 Å². The predicted molar refractivity (Wildman–Crippen MR) is 156 cm³/mol. The number of benzene rings is 2. The van der Waals surface area contributed by atoms with Crippen molar-refractivity contribution < 1.29 is 23.1 Å². The Morgan fingerprint density at radius 2 is 2.00 bits per heavy atom. The Hall–Kier alpha value is -4.19. The number of ether oxygens (including phenoxy) is 1. The van der Waals surface area contributed by atoms with E-state index in [0.717, 1.165) is 16.6 Å². The summed E-state index contributed by atoms with van der Waals surface area (Å²) in [6, 6.07) is 17.6. The van der Waals surface area contributed by atoms with Crippen molar-refractivity contribution in [3.05, 3.63) is 110 Å². The van der Waals surface area contributed by atoms with Crippen LogP contribution in [0.15, 0.2) is 97.9 Å². The molecule has 1 N–H and O–H groups in total. The summed E-state index contributed by atoms with van der Waals surface area (Å²) in [4.78, 5) is 28.6. The van der Waals surface area contributed by atoms with Crippen LogP contribution >= 0.6 is 34.7 Å².